The predicted molar refractivity (Wildman–Crippen MR) is 94.3 cm³/mol. The molecule has 1 amide bonds. The monoisotopic (exact) mass is 330 g/mol. The molecule has 0 aromatic heterocycles. The Balaban J connectivity index is 1.85. The first kappa shape index (κ1) is 16.2. The van der Waals surface area contributed by atoms with E-state index < -0.39 is 6.09 Å². The van der Waals surface area contributed by atoms with Crippen LogP contribution in [0.4, 0.5) is 10.5 Å². The molecule has 1 N–H and O–H groups in total. The van der Waals surface area contributed by atoms with E-state index in [0.717, 1.165) is 10.9 Å². The van der Waals surface area contributed by atoms with Gasteiger partial charge >= 0.3 is 6.09 Å². The van der Waals surface area contributed by atoms with Crippen LogP contribution < -0.4 is 5.32 Å². The fourth-order valence-electron chi connectivity index (χ4n) is 2.49. The van der Waals surface area contributed by atoms with E-state index in [1.165, 1.54) is 0 Å². The molecule has 5 heteroatoms. The van der Waals surface area contributed by atoms with Gasteiger partial charge in [-0.15, -0.1) is 0 Å². The summed E-state index contributed by atoms with van der Waals surface area (Å²) in [6.07, 6.45) is 0.0774. The molecule has 0 fully saturated rings. The smallest absolute Gasteiger partial charge is 0.411 e. The summed E-state index contributed by atoms with van der Waals surface area (Å²) in [4.78, 5) is 23.2. The lowest BCUT2D eigenvalue weighted by Gasteiger charge is -2.11. The van der Waals surface area contributed by atoms with Crippen molar-refractivity contribution in [3.8, 4) is 6.07 Å². The number of amides is 1. The predicted octanol–water partition coefficient (Wildman–Crippen LogP) is 4.27. The number of ether oxygens (including phenoxy) is 1. The van der Waals surface area contributed by atoms with Crippen LogP contribution in [-0.4, -0.2) is 12.4 Å². The van der Waals surface area contributed by atoms with E-state index in [-0.39, 0.29) is 6.61 Å². The minimum atomic E-state index is -0.629. The minimum Gasteiger partial charge on any atom is -0.444 e. The Morgan fingerprint density at radius 3 is 2.64 bits per heavy atom. The van der Waals surface area contributed by atoms with E-state index in [1.54, 1.807) is 30.3 Å². The van der Waals surface area contributed by atoms with Gasteiger partial charge in [-0.3, -0.25) is 10.1 Å². The molecule has 0 saturated carbocycles. The number of anilines is 1. The van der Waals surface area contributed by atoms with Gasteiger partial charge in [-0.1, -0.05) is 36.4 Å². The Morgan fingerprint density at radius 2 is 1.92 bits per heavy atom. The van der Waals surface area contributed by atoms with Crippen molar-refractivity contribution in [1.82, 2.24) is 0 Å². The third kappa shape index (κ3) is 3.82. The molecule has 0 bridgehead atoms. The minimum absolute atomic E-state index is 0.140. The summed E-state index contributed by atoms with van der Waals surface area (Å²) in [5.74, 6) is 0. The summed E-state index contributed by atoms with van der Waals surface area (Å²) in [6, 6.07) is 19.7. The van der Waals surface area contributed by atoms with E-state index in [0.29, 0.717) is 28.5 Å². The van der Waals surface area contributed by atoms with Gasteiger partial charge in [0.1, 0.15) is 12.9 Å². The summed E-state index contributed by atoms with van der Waals surface area (Å²) >= 11 is 0. The highest BCUT2D eigenvalue weighted by Gasteiger charge is 2.10. The van der Waals surface area contributed by atoms with Gasteiger partial charge in [0.15, 0.2) is 0 Å². The fraction of sp³-hybridized carbons (Fsp3) is 0.0500. The zero-order valence-corrected chi connectivity index (χ0v) is 13.2. The molecular formula is C20H14N2O3. The van der Waals surface area contributed by atoms with Crippen LogP contribution in [0.5, 0.6) is 0 Å². The summed E-state index contributed by atoms with van der Waals surface area (Å²) < 4.78 is 5.21. The molecule has 0 atom stereocenters. The molecule has 0 heterocycles. The molecule has 0 aliphatic carbocycles. The second-order valence-corrected chi connectivity index (χ2v) is 5.42. The van der Waals surface area contributed by atoms with E-state index in [2.05, 4.69) is 11.4 Å². The number of carbonyl (C=O) groups is 2. The Kier molecular flexibility index (Phi) is 4.72. The maximum atomic E-state index is 12.1. The fourth-order valence-corrected chi connectivity index (χ4v) is 2.49. The summed E-state index contributed by atoms with van der Waals surface area (Å²) in [6.45, 7) is 0.140. The standard InChI is InChI=1S/C20H14N2O3/c21-11-15-6-7-17-8-16(12-23)10-19(18(17)9-15)22-20(24)25-13-14-4-2-1-3-5-14/h1-10,12H,13H2,(H,22,24). The number of carbonyl (C=O) groups excluding carboxylic acids is 2. The molecule has 0 spiro atoms. The molecule has 0 saturated heterocycles. The average Bonchev–Trinajstić information content (AvgIpc) is 2.66. The third-order valence-corrected chi connectivity index (χ3v) is 3.69. The first-order chi connectivity index (χ1) is 12.2. The van der Waals surface area contributed by atoms with Crippen molar-refractivity contribution in [2.45, 2.75) is 6.61 Å². The Labute approximate surface area is 144 Å². The molecular weight excluding hydrogens is 316 g/mol. The first-order valence-electron chi connectivity index (χ1n) is 7.60. The van der Waals surface area contributed by atoms with Crippen LogP contribution in [0, 0.1) is 11.3 Å². The number of benzene rings is 3. The number of hydrogen-bond acceptors (Lipinski definition) is 4. The van der Waals surface area contributed by atoms with Crippen molar-refractivity contribution in [3.63, 3.8) is 0 Å². The van der Waals surface area contributed by atoms with Gasteiger partial charge in [0.2, 0.25) is 0 Å². The van der Waals surface area contributed by atoms with Gasteiger partial charge in [-0.2, -0.15) is 5.26 Å². The van der Waals surface area contributed by atoms with Crippen LogP contribution in [0.1, 0.15) is 21.5 Å². The van der Waals surface area contributed by atoms with Crippen LogP contribution in [0.2, 0.25) is 0 Å². The summed E-state index contributed by atoms with van der Waals surface area (Å²) in [5, 5.41) is 13.1. The number of hydrogen-bond donors (Lipinski definition) is 1. The second-order valence-electron chi connectivity index (χ2n) is 5.42. The lowest BCUT2D eigenvalue weighted by atomic mass is 10.0. The number of nitrogens with one attached hydrogen (secondary N) is 1. The molecule has 25 heavy (non-hydrogen) atoms. The van der Waals surface area contributed by atoms with Gasteiger partial charge in [0, 0.05) is 10.9 Å². The van der Waals surface area contributed by atoms with Crippen LogP contribution >= 0.6 is 0 Å². The summed E-state index contributed by atoms with van der Waals surface area (Å²) in [5.41, 5.74) is 2.19. The lowest BCUT2D eigenvalue weighted by Crippen LogP contribution is -2.14. The Bertz CT molecular complexity index is 975. The molecule has 5 nitrogen and oxygen atoms in total. The van der Waals surface area contributed by atoms with Gasteiger partial charge in [-0.25, -0.2) is 4.79 Å². The van der Waals surface area contributed by atoms with E-state index in [9.17, 15) is 9.59 Å². The molecule has 3 aromatic rings. The normalized spacial score (nSPS) is 10.0. The van der Waals surface area contributed by atoms with Crippen molar-refractivity contribution in [1.29, 1.82) is 5.26 Å². The van der Waals surface area contributed by atoms with Crippen molar-refractivity contribution >= 4 is 28.8 Å². The average molecular weight is 330 g/mol. The highest BCUT2D eigenvalue weighted by atomic mass is 16.5. The topological polar surface area (TPSA) is 79.2 Å². The third-order valence-electron chi connectivity index (χ3n) is 3.69. The number of nitrogens with zero attached hydrogens (tertiary/aromatic N) is 1. The highest BCUT2D eigenvalue weighted by molar-refractivity contribution is 6.03. The SMILES string of the molecule is N#Cc1ccc2cc(C=O)cc(NC(=O)OCc3ccccc3)c2c1. The van der Waals surface area contributed by atoms with Crippen LogP contribution in [0.25, 0.3) is 10.8 Å². The zero-order valence-electron chi connectivity index (χ0n) is 13.2. The van der Waals surface area contributed by atoms with Gasteiger partial charge in [-0.05, 0) is 35.2 Å². The molecule has 0 unspecified atom stereocenters. The van der Waals surface area contributed by atoms with Crippen LogP contribution in [-0.2, 0) is 11.3 Å². The molecule has 122 valence electrons. The largest absolute Gasteiger partial charge is 0.444 e. The molecule has 3 rings (SSSR count). The highest BCUT2D eigenvalue weighted by Crippen LogP contribution is 2.26. The van der Waals surface area contributed by atoms with Crippen molar-refractivity contribution in [3.05, 3.63) is 77.4 Å². The van der Waals surface area contributed by atoms with E-state index in [1.807, 2.05) is 30.3 Å². The zero-order chi connectivity index (χ0) is 17.6. The Hall–Kier alpha value is -3.65. The van der Waals surface area contributed by atoms with Gasteiger partial charge in [0.05, 0.1) is 17.3 Å². The Morgan fingerprint density at radius 1 is 1.12 bits per heavy atom. The molecule has 0 radical (unpaired) electrons. The lowest BCUT2D eigenvalue weighted by molar-refractivity contribution is 0.112. The van der Waals surface area contributed by atoms with Gasteiger partial charge in [0.25, 0.3) is 0 Å². The van der Waals surface area contributed by atoms with Crippen molar-refractivity contribution in [2.24, 2.45) is 0 Å². The van der Waals surface area contributed by atoms with E-state index in [4.69, 9.17) is 10.00 Å². The summed E-state index contributed by atoms with van der Waals surface area (Å²) in [7, 11) is 0. The quantitative estimate of drug-likeness (QED) is 0.724. The van der Waals surface area contributed by atoms with Crippen LogP contribution in [0.3, 0.4) is 0 Å². The second kappa shape index (κ2) is 7.28. The van der Waals surface area contributed by atoms with Crippen LogP contribution in [0.15, 0.2) is 60.7 Å². The van der Waals surface area contributed by atoms with E-state index >= 15 is 0 Å². The van der Waals surface area contributed by atoms with Gasteiger partial charge < -0.3 is 4.74 Å². The molecule has 0 aliphatic heterocycles. The number of fused-ring (bicyclic) bond motifs is 1. The maximum absolute atomic E-state index is 12.1. The number of aldehydes is 1. The first-order valence-corrected chi connectivity index (χ1v) is 7.60. The number of nitriles is 1. The molecule has 0 aliphatic rings. The number of rotatable bonds is 4. The van der Waals surface area contributed by atoms with Crippen molar-refractivity contribution < 1.29 is 14.3 Å². The maximum Gasteiger partial charge on any atom is 0.411 e. The molecule has 3 aromatic carbocycles. The van der Waals surface area contributed by atoms with Crippen molar-refractivity contribution in [2.75, 3.05) is 5.32 Å².